The van der Waals surface area contributed by atoms with Crippen LogP contribution >= 0.6 is 12.2 Å². The molecule has 0 saturated carbocycles. The summed E-state index contributed by atoms with van der Waals surface area (Å²) >= 11 is 4.73. The minimum atomic E-state index is -2.82. The number of benzene rings is 1. The largest absolute Gasteiger partial charge is 0.435 e. The summed E-state index contributed by atoms with van der Waals surface area (Å²) in [6.45, 7) is -1.12. The Hall–Kier alpha value is -1.23. The van der Waals surface area contributed by atoms with Crippen LogP contribution in [0.1, 0.15) is 11.1 Å². The molecule has 2 nitrogen and oxygen atoms in total. The minimum Gasteiger partial charge on any atom is -0.435 e. The van der Waals surface area contributed by atoms with E-state index in [2.05, 4.69) is 4.74 Å². The first-order valence-electron chi connectivity index (χ1n) is 4.31. The lowest BCUT2D eigenvalue weighted by atomic mass is 10.1. The van der Waals surface area contributed by atoms with E-state index < -0.39 is 6.61 Å². The van der Waals surface area contributed by atoms with Gasteiger partial charge in [-0.05, 0) is 24.1 Å². The van der Waals surface area contributed by atoms with Gasteiger partial charge in [0.05, 0.1) is 4.99 Å². The van der Waals surface area contributed by atoms with Gasteiger partial charge in [-0.1, -0.05) is 24.4 Å². The van der Waals surface area contributed by atoms with Gasteiger partial charge in [0.25, 0.3) is 0 Å². The quantitative estimate of drug-likeness (QED) is 0.808. The molecule has 1 rings (SSSR count). The Kier molecular flexibility index (Phi) is 3.96. The summed E-state index contributed by atoms with van der Waals surface area (Å²) in [7, 11) is 0. The molecular weight excluding hydrogens is 220 g/mol. The molecule has 0 bridgehead atoms. The van der Waals surface area contributed by atoms with Gasteiger partial charge in [-0.15, -0.1) is 0 Å². The van der Waals surface area contributed by atoms with Crippen molar-refractivity contribution in [3.8, 4) is 5.75 Å². The number of aryl methyl sites for hydroxylation is 1. The van der Waals surface area contributed by atoms with Crippen molar-refractivity contribution in [2.45, 2.75) is 20.0 Å². The number of hydrogen-bond donors (Lipinski definition) is 1. The first-order chi connectivity index (χ1) is 6.99. The molecule has 0 radical (unpaired) electrons. The second kappa shape index (κ2) is 5.02. The number of nitrogens with two attached hydrogens (primary N) is 1. The lowest BCUT2D eigenvalue weighted by Gasteiger charge is -2.09. The second-order valence-electron chi connectivity index (χ2n) is 3.12. The Morgan fingerprint density at radius 1 is 1.53 bits per heavy atom. The van der Waals surface area contributed by atoms with E-state index in [0.717, 1.165) is 5.56 Å². The third-order valence-electron chi connectivity index (χ3n) is 1.85. The van der Waals surface area contributed by atoms with E-state index in [4.69, 9.17) is 18.0 Å². The van der Waals surface area contributed by atoms with Gasteiger partial charge in [0.15, 0.2) is 0 Å². The summed E-state index contributed by atoms with van der Waals surface area (Å²) in [6, 6.07) is 5.01. The summed E-state index contributed by atoms with van der Waals surface area (Å²) in [5, 5.41) is 0. The number of thiocarbonyl (C=S) groups is 1. The van der Waals surface area contributed by atoms with Crippen LogP contribution in [-0.4, -0.2) is 11.6 Å². The van der Waals surface area contributed by atoms with E-state index >= 15 is 0 Å². The van der Waals surface area contributed by atoms with Gasteiger partial charge in [-0.25, -0.2) is 0 Å². The normalized spacial score (nSPS) is 10.4. The van der Waals surface area contributed by atoms with Gasteiger partial charge in [-0.2, -0.15) is 8.78 Å². The molecule has 0 aliphatic rings. The van der Waals surface area contributed by atoms with Gasteiger partial charge >= 0.3 is 6.61 Å². The van der Waals surface area contributed by atoms with Gasteiger partial charge in [0.1, 0.15) is 5.75 Å². The standard InChI is InChI=1S/C10H11F2NOS/c1-6-2-3-7(5-9(13)15)4-8(6)14-10(11)12/h2-4,10H,5H2,1H3,(H2,13,15). The number of hydrogen-bond acceptors (Lipinski definition) is 2. The summed E-state index contributed by atoms with van der Waals surface area (Å²) in [5.74, 6) is 0.166. The van der Waals surface area contributed by atoms with Crippen LogP contribution in [0.5, 0.6) is 5.75 Å². The van der Waals surface area contributed by atoms with Crippen LogP contribution in [0.25, 0.3) is 0 Å². The molecule has 82 valence electrons. The lowest BCUT2D eigenvalue weighted by Crippen LogP contribution is -2.11. The number of ether oxygens (including phenoxy) is 1. The van der Waals surface area contributed by atoms with Crippen LogP contribution < -0.4 is 10.5 Å². The van der Waals surface area contributed by atoms with E-state index in [1.165, 1.54) is 6.07 Å². The van der Waals surface area contributed by atoms with Crippen LogP contribution in [0.15, 0.2) is 18.2 Å². The second-order valence-corrected chi connectivity index (χ2v) is 3.65. The highest BCUT2D eigenvalue weighted by Gasteiger charge is 2.08. The molecular formula is C10H11F2NOS. The van der Waals surface area contributed by atoms with Crippen molar-refractivity contribution < 1.29 is 13.5 Å². The summed E-state index contributed by atoms with van der Waals surface area (Å²) < 4.78 is 28.4. The maximum Gasteiger partial charge on any atom is 0.387 e. The Morgan fingerprint density at radius 3 is 2.73 bits per heavy atom. The maximum absolute atomic E-state index is 12.0. The molecule has 2 N–H and O–H groups in total. The highest BCUT2D eigenvalue weighted by atomic mass is 32.1. The van der Waals surface area contributed by atoms with Crippen molar-refractivity contribution in [1.82, 2.24) is 0 Å². The zero-order chi connectivity index (χ0) is 11.4. The van der Waals surface area contributed by atoms with Crippen LogP contribution in [0.3, 0.4) is 0 Å². The molecule has 0 aromatic heterocycles. The molecule has 15 heavy (non-hydrogen) atoms. The zero-order valence-electron chi connectivity index (χ0n) is 8.17. The molecule has 0 aliphatic heterocycles. The third-order valence-corrected chi connectivity index (χ3v) is 1.99. The molecule has 0 unspecified atom stereocenters. The molecule has 0 heterocycles. The molecule has 0 atom stereocenters. The molecule has 5 heteroatoms. The van der Waals surface area contributed by atoms with Crippen molar-refractivity contribution in [3.63, 3.8) is 0 Å². The van der Waals surface area contributed by atoms with Gasteiger partial charge in [0.2, 0.25) is 0 Å². The van der Waals surface area contributed by atoms with Crippen LogP contribution in [-0.2, 0) is 6.42 Å². The van der Waals surface area contributed by atoms with E-state index in [1.54, 1.807) is 19.1 Å². The predicted molar refractivity (Wildman–Crippen MR) is 58.3 cm³/mol. The fourth-order valence-corrected chi connectivity index (χ4v) is 1.35. The first kappa shape index (κ1) is 11.8. The fraction of sp³-hybridized carbons (Fsp3) is 0.300. The molecule has 0 aliphatic carbocycles. The van der Waals surface area contributed by atoms with Crippen LogP contribution in [0.4, 0.5) is 8.78 Å². The molecule has 0 spiro atoms. The Bertz CT molecular complexity index is 368. The smallest absolute Gasteiger partial charge is 0.387 e. The van der Waals surface area contributed by atoms with E-state index in [0.29, 0.717) is 17.0 Å². The number of rotatable bonds is 4. The van der Waals surface area contributed by atoms with Crippen molar-refractivity contribution in [2.24, 2.45) is 5.73 Å². The first-order valence-corrected chi connectivity index (χ1v) is 4.72. The Labute approximate surface area is 92.0 Å². The maximum atomic E-state index is 12.0. The summed E-state index contributed by atoms with van der Waals surface area (Å²) in [6.07, 6.45) is 0.384. The highest BCUT2D eigenvalue weighted by Crippen LogP contribution is 2.21. The monoisotopic (exact) mass is 231 g/mol. The number of halogens is 2. The molecule has 0 saturated heterocycles. The van der Waals surface area contributed by atoms with Crippen molar-refractivity contribution in [2.75, 3.05) is 0 Å². The van der Waals surface area contributed by atoms with Gasteiger partial charge in [0, 0.05) is 6.42 Å². The van der Waals surface area contributed by atoms with Gasteiger partial charge < -0.3 is 10.5 Å². The SMILES string of the molecule is Cc1ccc(CC(N)=S)cc1OC(F)F. The van der Waals surface area contributed by atoms with Crippen molar-refractivity contribution in [3.05, 3.63) is 29.3 Å². The summed E-state index contributed by atoms with van der Waals surface area (Å²) in [5.41, 5.74) is 6.78. The van der Waals surface area contributed by atoms with Crippen LogP contribution in [0.2, 0.25) is 0 Å². The van der Waals surface area contributed by atoms with E-state index in [1.807, 2.05) is 0 Å². The fourth-order valence-electron chi connectivity index (χ4n) is 1.18. The average Bonchev–Trinajstić information content (AvgIpc) is 2.09. The minimum absolute atomic E-state index is 0.166. The third kappa shape index (κ3) is 3.79. The Balaban J connectivity index is 2.89. The molecule has 0 amide bonds. The van der Waals surface area contributed by atoms with Crippen molar-refractivity contribution >= 4 is 17.2 Å². The summed E-state index contributed by atoms with van der Waals surface area (Å²) in [4.78, 5) is 0.321. The Morgan fingerprint density at radius 2 is 2.20 bits per heavy atom. The highest BCUT2D eigenvalue weighted by molar-refractivity contribution is 7.80. The zero-order valence-corrected chi connectivity index (χ0v) is 8.98. The molecule has 0 fully saturated rings. The van der Waals surface area contributed by atoms with Crippen molar-refractivity contribution in [1.29, 1.82) is 0 Å². The predicted octanol–water partition coefficient (Wildman–Crippen LogP) is 2.43. The molecule has 1 aromatic rings. The molecule has 1 aromatic carbocycles. The van der Waals surface area contributed by atoms with E-state index in [-0.39, 0.29) is 5.75 Å². The number of alkyl halides is 2. The average molecular weight is 231 g/mol. The lowest BCUT2D eigenvalue weighted by molar-refractivity contribution is -0.0503. The topological polar surface area (TPSA) is 35.2 Å². The van der Waals surface area contributed by atoms with E-state index in [9.17, 15) is 8.78 Å². The van der Waals surface area contributed by atoms with Crippen LogP contribution in [0, 0.1) is 6.92 Å². The van der Waals surface area contributed by atoms with Gasteiger partial charge in [-0.3, -0.25) is 0 Å².